The molecule has 2 heterocycles. The van der Waals surface area contributed by atoms with Gasteiger partial charge >= 0.3 is 0 Å². The molecular formula is C24H30N6O2S. The Hall–Kier alpha value is -3.17. The Bertz CT molecular complexity index is 1220. The fourth-order valence-corrected chi connectivity index (χ4v) is 5.19. The minimum atomic E-state index is -3.52. The van der Waals surface area contributed by atoms with Crippen LogP contribution in [0.15, 0.2) is 53.4 Å². The molecule has 0 radical (unpaired) electrons. The number of anilines is 4. The third kappa shape index (κ3) is 4.94. The molecule has 33 heavy (non-hydrogen) atoms. The third-order valence-electron chi connectivity index (χ3n) is 5.87. The number of nitrogens with zero attached hydrogens (tertiary/aromatic N) is 4. The first-order valence-corrected chi connectivity index (χ1v) is 12.4. The molecule has 0 unspecified atom stereocenters. The van der Waals surface area contributed by atoms with Crippen LogP contribution in [-0.4, -0.2) is 55.9 Å². The second-order valence-corrected chi connectivity index (χ2v) is 10.2. The zero-order valence-corrected chi connectivity index (χ0v) is 20.3. The van der Waals surface area contributed by atoms with Gasteiger partial charge in [-0.3, -0.25) is 0 Å². The van der Waals surface area contributed by atoms with Crippen LogP contribution in [0.3, 0.4) is 0 Å². The first-order chi connectivity index (χ1) is 15.8. The molecule has 4 rings (SSSR count). The predicted molar refractivity (Wildman–Crippen MR) is 133 cm³/mol. The number of nitrogens with one attached hydrogen (secondary N) is 2. The molecule has 0 amide bonds. The van der Waals surface area contributed by atoms with Gasteiger partial charge in [0, 0.05) is 44.5 Å². The van der Waals surface area contributed by atoms with Crippen molar-refractivity contribution >= 4 is 33.3 Å². The molecule has 1 aromatic heterocycles. The standard InChI is InChI=1S/C24H30N6O2S/c1-17-5-9-20(10-6-17)26-23-19(3)22(25-4)27-24(28-23)29-13-15-30(16-14-29)33(31,32)21-11-7-18(2)8-12-21/h5-12H,13-16H2,1-4H3,(H2,25,26,27,28). The number of benzene rings is 2. The van der Waals surface area contributed by atoms with Gasteiger partial charge < -0.3 is 15.5 Å². The average Bonchev–Trinajstić information content (AvgIpc) is 2.82. The van der Waals surface area contributed by atoms with Crippen molar-refractivity contribution in [2.45, 2.75) is 25.7 Å². The molecule has 1 saturated heterocycles. The van der Waals surface area contributed by atoms with Crippen molar-refractivity contribution in [2.24, 2.45) is 0 Å². The second kappa shape index (κ2) is 9.36. The van der Waals surface area contributed by atoms with Gasteiger partial charge in [-0.1, -0.05) is 35.4 Å². The summed E-state index contributed by atoms with van der Waals surface area (Å²) in [5.41, 5.74) is 4.09. The summed E-state index contributed by atoms with van der Waals surface area (Å²) in [6.45, 7) is 7.75. The highest BCUT2D eigenvalue weighted by Gasteiger charge is 2.29. The van der Waals surface area contributed by atoms with Crippen LogP contribution in [0.25, 0.3) is 0 Å². The maximum Gasteiger partial charge on any atom is 0.243 e. The van der Waals surface area contributed by atoms with Gasteiger partial charge in [0.25, 0.3) is 0 Å². The number of aromatic nitrogens is 2. The summed E-state index contributed by atoms with van der Waals surface area (Å²) in [7, 11) is -1.68. The molecule has 1 aliphatic heterocycles. The molecule has 1 fully saturated rings. The van der Waals surface area contributed by atoms with Gasteiger partial charge in [-0.2, -0.15) is 14.3 Å². The highest BCUT2D eigenvalue weighted by Crippen LogP contribution is 2.27. The van der Waals surface area contributed by atoms with Crippen molar-refractivity contribution in [2.75, 3.05) is 48.8 Å². The molecule has 9 heteroatoms. The lowest BCUT2D eigenvalue weighted by Crippen LogP contribution is -2.49. The number of hydrogen-bond donors (Lipinski definition) is 2. The molecule has 0 bridgehead atoms. The Kier molecular flexibility index (Phi) is 6.53. The Morgan fingerprint density at radius 3 is 1.91 bits per heavy atom. The molecule has 0 saturated carbocycles. The molecule has 174 valence electrons. The van der Waals surface area contributed by atoms with E-state index in [1.807, 2.05) is 62.2 Å². The van der Waals surface area contributed by atoms with Crippen LogP contribution < -0.4 is 15.5 Å². The van der Waals surface area contributed by atoms with Gasteiger partial charge in [-0.15, -0.1) is 0 Å². The van der Waals surface area contributed by atoms with Crippen molar-refractivity contribution in [1.29, 1.82) is 0 Å². The van der Waals surface area contributed by atoms with Crippen LogP contribution in [0.2, 0.25) is 0 Å². The van der Waals surface area contributed by atoms with Gasteiger partial charge in [0.05, 0.1) is 4.90 Å². The van der Waals surface area contributed by atoms with E-state index in [4.69, 9.17) is 4.98 Å². The molecule has 8 nitrogen and oxygen atoms in total. The Morgan fingerprint density at radius 2 is 1.33 bits per heavy atom. The molecule has 2 aromatic carbocycles. The summed E-state index contributed by atoms with van der Waals surface area (Å²) in [4.78, 5) is 11.8. The highest BCUT2D eigenvalue weighted by molar-refractivity contribution is 7.89. The van der Waals surface area contributed by atoms with Gasteiger partial charge in [0.1, 0.15) is 11.6 Å². The van der Waals surface area contributed by atoms with E-state index in [1.165, 1.54) is 9.87 Å². The highest BCUT2D eigenvalue weighted by atomic mass is 32.2. The van der Waals surface area contributed by atoms with Crippen molar-refractivity contribution in [3.63, 3.8) is 0 Å². The summed E-state index contributed by atoms with van der Waals surface area (Å²) >= 11 is 0. The number of sulfonamides is 1. The number of rotatable bonds is 6. The van der Waals surface area contributed by atoms with E-state index < -0.39 is 10.0 Å². The molecule has 1 aliphatic rings. The minimum Gasteiger partial charge on any atom is -0.373 e. The third-order valence-corrected chi connectivity index (χ3v) is 7.78. The van der Waals surface area contributed by atoms with Gasteiger partial charge in [-0.25, -0.2) is 8.42 Å². The van der Waals surface area contributed by atoms with E-state index in [0.717, 1.165) is 28.5 Å². The van der Waals surface area contributed by atoms with Crippen molar-refractivity contribution < 1.29 is 8.42 Å². The second-order valence-electron chi connectivity index (χ2n) is 8.29. The van der Waals surface area contributed by atoms with E-state index in [9.17, 15) is 8.42 Å². The van der Waals surface area contributed by atoms with Crippen LogP contribution in [0.1, 0.15) is 16.7 Å². The zero-order valence-electron chi connectivity index (χ0n) is 19.5. The molecule has 0 atom stereocenters. The average molecular weight is 467 g/mol. The van der Waals surface area contributed by atoms with Gasteiger partial charge in [0.15, 0.2) is 0 Å². The SMILES string of the molecule is CNc1nc(N2CCN(S(=O)(=O)c3ccc(C)cc3)CC2)nc(Nc2ccc(C)cc2)c1C. The number of hydrogen-bond acceptors (Lipinski definition) is 7. The van der Waals surface area contributed by atoms with E-state index in [2.05, 4.69) is 22.5 Å². The van der Waals surface area contributed by atoms with E-state index in [0.29, 0.717) is 37.0 Å². The van der Waals surface area contributed by atoms with E-state index in [1.54, 1.807) is 12.1 Å². The molecule has 0 aliphatic carbocycles. The van der Waals surface area contributed by atoms with Crippen LogP contribution >= 0.6 is 0 Å². The van der Waals surface area contributed by atoms with Crippen LogP contribution in [0.5, 0.6) is 0 Å². The summed E-state index contributed by atoms with van der Waals surface area (Å²) in [6, 6.07) is 15.1. The number of aryl methyl sites for hydroxylation is 2. The van der Waals surface area contributed by atoms with E-state index >= 15 is 0 Å². The van der Waals surface area contributed by atoms with Crippen LogP contribution in [0, 0.1) is 20.8 Å². The Morgan fingerprint density at radius 1 is 0.788 bits per heavy atom. The fourth-order valence-electron chi connectivity index (χ4n) is 3.77. The van der Waals surface area contributed by atoms with Crippen molar-refractivity contribution in [3.05, 3.63) is 65.2 Å². The topological polar surface area (TPSA) is 90.5 Å². The Balaban J connectivity index is 1.53. The smallest absolute Gasteiger partial charge is 0.243 e. The molecular weight excluding hydrogens is 436 g/mol. The first-order valence-electron chi connectivity index (χ1n) is 11.0. The van der Waals surface area contributed by atoms with Gasteiger partial charge in [0.2, 0.25) is 16.0 Å². The molecule has 3 aromatic rings. The quantitative estimate of drug-likeness (QED) is 0.572. The molecule has 2 N–H and O–H groups in total. The van der Waals surface area contributed by atoms with Crippen LogP contribution in [-0.2, 0) is 10.0 Å². The zero-order chi connectivity index (χ0) is 23.6. The van der Waals surface area contributed by atoms with Crippen molar-refractivity contribution in [3.8, 4) is 0 Å². The first kappa shape index (κ1) is 23.0. The molecule has 0 spiro atoms. The summed E-state index contributed by atoms with van der Waals surface area (Å²) in [6.07, 6.45) is 0. The van der Waals surface area contributed by atoms with Crippen molar-refractivity contribution in [1.82, 2.24) is 14.3 Å². The Labute approximate surface area is 195 Å². The lowest BCUT2D eigenvalue weighted by Gasteiger charge is -2.34. The monoisotopic (exact) mass is 466 g/mol. The summed E-state index contributed by atoms with van der Waals surface area (Å²) in [5.74, 6) is 2.04. The number of piperazine rings is 1. The summed E-state index contributed by atoms with van der Waals surface area (Å²) in [5, 5.41) is 6.53. The predicted octanol–water partition coefficient (Wildman–Crippen LogP) is 3.70. The summed E-state index contributed by atoms with van der Waals surface area (Å²) < 4.78 is 27.6. The lowest BCUT2D eigenvalue weighted by atomic mass is 10.2. The largest absolute Gasteiger partial charge is 0.373 e. The maximum absolute atomic E-state index is 13.0. The lowest BCUT2D eigenvalue weighted by molar-refractivity contribution is 0.382. The normalized spacial score (nSPS) is 14.8. The van der Waals surface area contributed by atoms with Gasteiger partial charge in [-0.05, 0) is 45.0 Å². The maximum atomic E-state index is 13.0. The van der Waals surface area contributed by atoms with Crippen LogP contribution in [0.4, 0.5) is 23.3 Å². The minimum absolute atomic E-state index is 0.329. The van der Waals surface area contributed by atoms with E-state index in [-0.39, 0.29) is 0 Å². The fraction of sp³-hybridized carbons (Fsp3) is 0.333.